The molecule has 134 valence electrons. The van der Waals surface area contributed by atoms with Gasteiger partial charge in [0, 0.05) is 19.4 Å². The first-order chi connectivity index (χ1) is 11.6. The summed E-state index contributed by atoms with van der Waals surface area (Å²) in [5, 5.41) is 3.01. The fourth-order valence-corrected chi connectivity index (χ4v) is 3.30. The van der Waals surface area contributed by atoms with Crippen molar-refractivity contribution >= 4 is 11.6 Å². The van der Waals surface area contributed by atoms with Gasteiger partial charge in [0.2, 0.25) is 0 Å². The van der Waals surface area contributed by atoms with Crippen LogP contribution in [0.4, 0.5) is 5.69 Å². The largest absolute Gasteiger partial charge is 0.491 e. The van der Waals surface area contributed by atoms with Crippen LogP contribution in [0.5, 0.6) is 5.75 Å². The number of methoxy groups -OCH3 is 1. The van der Waals surface area contributed by atoms with Crippen LogP contribution in [0.25, 0.3) is 0 Å². The maximum Gasteiger partial charge on any atom is 0.256 e. The first-order valence-electron chi connectivity index (χ1n) is 8.77. The number of anilines is 1. The zero-order chi connectivity index (χ0) is 17.4. The number of hydrogen-bond acceptors (Lipinski definition) is 4. The van der Waals surface area contributed by atoms with Gasteiger partial charge in [-0.3, -0.25) is 4.79 Å². The lowest BCUT2D eigenvalue weighted by atomic mass is 9.78. The number of carbonyl (C=O) groups excluding carboxylic acids is 1. The third-order valence-corrected chi connectivity index (χ3v) is 4.46. The van der Waals surface area contributed by atoms with Crippen molar-refractivity contribution in [2.45, 2.75) is 45.1 Å². The van der Waals surface area contributed by atoms with E-state index in [4.69, 9.17) is 14.2 Å². The molecule has 24 heavy (non-hydrogen) atoms. The second-order valence-electron chi connectivity index (χ2n) is 6.45. The summed E-state index contributed by atoms with van der Waals surface area (Å²) in [7, 11) is 1.64. The van der Waals surface area contributed by atoms with Gasteiger partial charge in [0.05, 0.1) is 6.61 Å². The number of nitrogens with one attached hydrogen (secondary N) is 1. The lowest BCUT2D eigenvalue weighted by molar-refractivity contribution is -0.147. The summed E-state index contributed by atoms with van der Waals surface area (Å²) in [6.45, 7) is 5.74. The van der Waals surface area contributed by atoms with Crippen LogP contribution < -0.4 is 10.1 Å². The molecule has 1 aliphatic carbocycles. The monoisotopic (exact) mass is 335 g/mol. The van der Waals surface area contributed by atoms with Crippen molar-refractivity contribution in [1.82, 2.24) is 0 Å². The SMILES string of the molecule is CCOC1(C(=O)Nc2ccc(OCCOC)cc2)CCCC(C)C1. The minimum Gasteiger partial charge on any atom is -0.491 e. The van der Waals surface area contributed by atoms with Crippen molar-refractivity contribution in [3.8, 4) is 5.75 Å². The van der Waals surface area contributed by atoms with Crippen LogP contribution in [-0.4, -0.2) is 38.4 Å². The summed E-state index contributed by atoms with van der Waals surface area (Å²) in [6, 6.07) is 7.40. The topological polar surface area (TPSA) is 56.8 Å². The molecule has 1 aromatic carbocycles. The van der Waals surface area contributed by atoms with Crippen LogP contribution in [-0.2, 0) is 14.3 Å². The summed E-state index contributed by atoms with van der Waals surface area (Å²) < 4.78 is 16.4. The third-order valence-electron chi connectivity index (χ3n) is 4.46. The van der Waals surface area contributed by atoms with E-state index in [9.17, 15) is 4.79 Å². The van der Waals surface area contributed by atoms with Crippen LogP contribution in [0.1, 0.15) is 39.5 Å². The maximum absolute atomic E-state index is 12.8. The molecule has 0 bridgehead atoms. The summed E-state index contributed by atoms with van der Waals surface area (Å²) in [5.74, 6) is 1.23. The van der Waals surface area contributed by atoms with E-state index in [0.29, 0.717) is 25.7 Å². The average molecular weight is 335 g/mol. The van der Waals surface area contributed by atoms with Crippen molar-refractivity contribution in [2.24, 2.45) is 5.92 Å². The molecule has 0 spiro atoms. The van der Waals surface area contributed by atoms with Crippen LogP contribution in [0.15, 0.2) is 24.3 Å². The van der Waals surface area contributed by atoms with Gasteiger partial charge in [-0.1, -0.05) is 13.3 Å². The predicted octanol–water partition coefficient (Wildman–Crippen LogP) is 3.64. The van der Waals surface area contributed by atoms with E-state index >= 15 is 0 Å². The summed E-state index contributed by atoms with van der Waals surface area (Å²) in [6.07, 6.45) is 3.76. The molecule has 1 N–H and O–H groups in total. The Balaban J connectivity index is 1.98. The smallest absolute Gasteiger partial charge is 0.256 e. The highest BCUT2D eigenvalue weighted by Crippen LogP contribution is 2.36. The van der Waals surface area contributed by atoms with Gasteiger partial charge >= 0.3 is 0 Å². The fraction of sp³-hybridized carbons (Fsp3) is 0.632. The van der Waals surface area contributed by atoms with Gasteiger partial charge in [-0.25, -0.2) is 0 Å². The molecule has 1 amide bonds. The number of rotatable bonds is 8. The van der Waals surface area contributed by atoms with Gasteiger partial charge in [-0.2, -0.15) is 0 Å². The lowest BCUT2D eigenvalue weighted by Gasteiger charge is -2.38. The molecule has 0 aliphatic heterocycles. The van der Waals surface area contributed by atoms with Crippen LogP contribution in [0, 0.1) is 5.92 Å². The molecular formula is C19H29NO4. The molecule has 0 heterocycles. The lowest BCUT2D eigenvalue weighted by Crippen LogP contribution is -2.48. The van der Waals surface area contributed by atoms with Gasteiger partial charge in [-0.05, 0) is 56.4 Å². The van der Waals surface area contributed by atoms with Crippen LogP contribution >= 0.6 is 0 Å². The molecule has 5 heteroatoms. The fourth-order valence-electron chi connectivity index (χ4n) is 3.30. The minimum absolute atomic E-state index is 0.0380. The highest BCUT2D eigenvalue weighted by molar-refractivity contribution is 5.97. The Hall–Kier alpha value is -1.59. The average Bonchev–Trinajstić information content (AvgIpc) is 2.57. The van der Waals surface area contributed by atoms with E-state index in [1.807, 2.05) is 31.2 Å². The second-order valence-corrected chi connectivity index (χ2v) is 6.45. The number of benzene rings is 1. The van der Waals surface area contributed by atoms with Gasteiger partial charge in [0.1, 0.15) is 18.0 Å². The zero-order valence-electron chi connectivity index (χ0n) is 15.0. The number of carbonyl (C=O) groups is 1. The molecule has 1 aromatic rings. The number of ether oxygens (including phenoxy) is 3. The molecule has 1 aliphatic rings. The predicted molar refractivity (Wildman–Crippen MR) is 94.4 cm³/mol. The summed E-state index contributed by atoms with van der Waals surface area (Å²) >= 11 is 0. The van der Waals surface area contributed by atoms with Gasteiger partial charge < -0.3 is 19.5 Å². The van der Waals surface area contributed by atoms with Gasteiger partial charge in [0.25, 0.3) is 5.91 Å². The normalized spacial score (nSPS) is 23.7. The third kappa shape index (κ3) is 4.95. The Bertz CT molecular complexity index is 513. The maximum atomic E-state index is 12.8. The highest BCUT2D eigenvalue weighted by atomic mass is 16.5. The minimum atomic E-state index is -0.694. The van der Waals surface area contributed by atoms with Gasteiger partial charge in [0.15, 0.2) is 0 Å². The molecule has 2 unspecified atom stereocenters. The van der Waals surface area contributed by atoms with E-state index in [0.717, 1.165) is 37.1 Å². The molecule has 1 saturated carbocycles. The molecular weight excluding hydrogens is 306 g/mol. The van der Waals surface area contributed by atoms with E-state index in [1.54, 1.807) is 7.11 Å². The van der Waals surface area contributed by atoms with Crippen LogP contribution in [0.3, 0.4) is 0 Å². The number of hydrogen-bond donors (Lipinski definition) is 1. The molecule has 2 atom stereocenters. The molecule has 0 aromatic heterocycles. The standard InChI is InChI=1S/C19H29NO4/c1-4-24-19(11-5-6-15(2)14-19)18(21)20-16-7-9-17(10-8-16)23-13-12-22-3/h7-10,15H,4-6,11-14H2,1-3H3,(H,20,21). The Morgan fingerprint density at radius 3 is 2.67 bits per heavy atom. The summed E-state index contributed by atoms with van der Waals surface area (Å²) in [5.41, 5.74) is 0.0662. The molecule has 2 rings (SSSR count). The van der Waals surface area contributed by atoms with E-state index in [1.165, 1.54) is 0 Å². The summed E-state index contributed by atoms with van der Waals surface area (Å²) in [4.78, 5) is 12.8. The second kappa shape index (κ2) is 9.04. The first-order valence-corrected chi connectivity index (χ1v) is 8.77. The van der Waals surface area contributed by atoms with E-state index in [2.05, 4.69) is 12.2 Å². The van der Waals surface area contributed by atoms with Crippen molar-refractivity contribution in [3.05, 3.63) is 24.3 Å². The van der Waals surface area contributed by atoms with Gasteiger partial charge in [-0.15, -0.1) is 0 Å². The molecule has 0 saturated heterocycles. The van der Waals surface area contributed by atoms with E-state index in [-0.39, 0.29) is 5.91 Å². The Labute approximate surface area is 144 Å². The highest BCUT2D eigenvalue weighted by Gasteiger charge is 2.42. The zero-order valence-corrected chi connectivity index (χ0v) is 15.0. The number of amides is 1. The van der Waals surface area contributed by atoms with Crippen molar-refractivity contribution in [2.75, 3.05) is 32.2 Å². The van der Waals surface area contributed by atoms with Crippen molar-refractivity contribution < 1.29 is 19.0 Å². The first kappa shape index (κ1) is 18.7. The Morgan fingerprint density at radius 2 is 2.04 bits per heavy atom. The molecule has 0 radical (unpaired) electrons. The van der Waals surface area contributed by atoms with Crippen molar-refractivity contribution in [3.63, 3.8) is 0 Å². The Morgan fingerprint density at radius 1 is 1.29 bits per heavy atom. The molecule has 5 nitrogen and oxygen atoms in total. The van der Waals surface area contributed by atoms with Crippen LogP contribution in [0.2, 0.25) is 0 Å². The quantitative estimate of drug-likeness (QED) is 0.737. The van der Waals surface area contributed by atoms with Crippen molar-refractivity contribution in [1.29, 1.82) is 0 Å². The Kier molecular flexibility index (Phi) is 7.06. The molecule has 1 fully saturated rings. The van der Waals surface area contributed by atoms with E-state index < -0.39 is 5.60 Å².